The highest BCUT2D eigenvalue weighted by Crippen LogP contribution is 2.38. The van der Waals surface area contributed by atoms with Gasteiger partial charge in [0.15, 0.2) is 16.3 Å². The number of methoxy groups -OCH3 is 2. The molecule has 0 fully saturated rings. The Morgan fingerprint density at radius 3 is 2.46 bits per heavy atom. The lowest BCUT2D eigenvalue weighted by Crippen LogP contribution is -2.40. The summed E-state index contributed by atoms with van der Waals surface area (Å²) in [6.07, 6.45) is 1.60. The van der Waals surface area contributed by atoms with Crippen molar-refractivity contribution in [3.63, 3.8) is 0 Å². The number of hydrogen-bond donors (Lipinski definition) is 0. The molecule has 0 amide bonds. The first-order valence-electron chi connectivity index (χ1n) is 15.0. The topological polar surface area (TPSA) is 135 Å². The zero-order valence-electron chi connectivity index (χ0n) is 26.8. The molecule has 0 aliphatic carbocycles. The number of carbonyl (C=O) groups is 1. The largest absolute Gasteiger partial charge is 0.493 e. The smallest absolute Gasteiger partial charge is 0.338 e. The van der Waals surface area contributed by atoms with E-state index in [2.05, 4.69) is 0 Å². The van der Waals surface area contributed by atoms with Crippen molar-refractivity contribution in [1.82, 2.24) is 4.57 Å². The minimum atomic E-state index is -0.916. The number of carbonyl (C=O) groups excluding carboxylic acids is 1. The molecule has 12 heteroatoms. The highest BCUT2D eigenvalue weighted by atomic mass is 32.1. The van der Waals surface area contributed by atoms with E-state index in [1.807, 2.05) is 36.4 Å². The molecule has 0 saturated carbocycles. The molecule has 11 nitrogen and oxygen atoms in total. The van der Waals surface area contributed by atoms with Crippen molar-refractivity contribution in [2.75, 3.05) is 20.8 Å². The average molecular weight is 666 g/mol. The van der Waals surface area contributed by atoms with Gasteiger partial charge in [0, 0.05) is 28.8 Å². The second-order valence-electron chi connectivity index (χ2n) is 10.9. The molecule has 244 valence electrons. The number of aryl methyl sites for hydroxylation is 1. The summed E-state index contributed by atoms with van der Waals surface area (Å²) in [6.45, 7) is 5.35. The van der Waals surface area contributed by atoms with Gasteiger partial charge in [-0.25, -0.2) is 9.79 Å². The molecule has 5 aromatic rings. The number of rotatable bonds is 9. The highest BCUT2D eigenvalue weighted by molar-refractivity contribution is 7.07. The van der Waals surface area contributed by atoms with Crippen LogP contribution in [0.15, 0.2) is 92.6 Å². The van der Waals surface area contributed by atoms with E-state index in [-0.39, 0.29) is 17.9 Å². The van der Waals surface area contributed by atoms with Crippen molar-refractivity contribution in [1.29, 1.82) is 0 Å². The fourth-order valence-corrected chi connectivity index (χ4v) is 6.65. The third kappa shape index (κ3) is 5.82. The summed E-state index contributed by atoms with van der Waals surface area (Å²) in [4.78, 5) is 44.4. The molecule has 3 heterocycles. The Labute approximate surface area is 278 Å². The number of hydrogen-bond acceptors (Lipinski definition) is 10. The van der Waals surface area contributed by atoms with E-state index in [9.17, 15) is 19.7 Å². The number of furan rings is 1. The summed E-state index contributed by atoms with van der Waals surface area (Å²) in [5.41, 5.74) is 3.34. The highest BCUT2D eigenvalue weighted by Gasteiger charge is 2.35. The Bertz CT molecular complexity index is 2280. The summed E-state index contributed by atoms with van der Waals surface area (Å²) >= 11 is 1.15. The molecule has 0 N–H and O–H groups in total. The van der Waals surface area contributed by atoms with Gasteiger partial charge in [-0.3, -0.25) is 19.5 Å². The zero-order chi connectivity index (χ0) is 34.1. The molecule has 1 atom stereocenters. The molecule has 1 aliphatic heterocycles. The quantitative estimate of drug-likeness (QED) is 0.111. The van der Waals surface area contributed by atoms with Crippen LogP contribution in [0.2, 0.25) is 0 Å². The predicted molar refractivity (Wildman–Crippen MR) is 181 cm³/mol. The number of nitro groups is 1. The van der Waals surface area contributed by atoms with Crippen molar-refractivity contribution in [2.45, 2.75) is 26.8 Å². The van der Waals surface area contributed by atoms with Crippen molar-refractivity contribution in [3.05, 3.63) is 136 Å². The number of benzene rings is 3. The molecular weight excluding hydrogens is 634 g/mol. The van der Waals surface area contributed by atoms with Gasteiger partial charge in [0.2, 0.25) is 0 Å². The number of aromatic nitrogens is 1. The van der Waals surface area contributed by atoms with Crippen LogP contribution >= 0.6 is 11.3 Å². The third-order valence-electron chi connectivity index (χ3n) is 8.12. The third-order valence-corrected chi connectivity index (χ3v) is 9.10. The normalized spacial score (nSPS) is 14.4. The minimum absolute atomic E-state index is 0.00181. The summed E-state index contributed by atoms with van der Waals surface area (Å²) in [5.74, 6) is 1.09. The predicted octanol–water partition coefficient (Wildman–Crippen LogP) is 5.74. The van der Waals surface area contributed by atoms with E-state index in [1.54, 1.807) is 57.2 Å². The fourth-order valence-electron chi connectivity index (χ4n) is 5.67. The number of nitrogens with zero attached hydrogens (tertiary/aromatic N) is 3. The Balaban J connectivity index is 1.56. The minimum Gasteiger partial charge on any atom is -0.493 e. The van der Waals surface area contributed by atoms with E-state index in [0.717, 1.165) is 16.9 Å². The van der Waals surface area contributed by atoms with Gasteiger partial charge in [-0.05, 0) is 62.2 Å². The maximum atomic E-state index is 14.3. The van der Waals surface area contributed by atoms with Gasteiger partial charge in [0.1, 0.15) is 11.5 Å². The fraction of sp³-hybridized carbons (Fsp3) is 0.194. The van der Waals surface area contributed by atoms with E-state index >= 15 is 0 Å². The SMILES string of the molecule is CCOC(=O)C1=C(c2ccccc2)N=c2s/c(=C\c3ccc(-c4cc(C)c(C)c([N+](=O)[O-])c4)o3)c(=O)n2C1c1ccc(OC)c(OC)c1. The lowest BCUT2D eigenvalue weighted by atomic mass is 9.93. The summed E-state index contributed by atoms with van der Waals surface area (Å²) in [7, 11) is 3.04. The number of nitro benzene ring substituents is 1. The molecule has 1 aliphatic rings. The first kappa shape index (κ1) is 32.2. The van der Waals surface area contributed by atoms with Gasteiger partial charge >= 0.3 is 5.97 Å². The van der Waals surface area contributed by atoms with Crippen molar-refractivity contribution in [2.24, 2.45) is 4.99 Å². The number of ether oxygens (including phenoxy) is 3. The van der Waals surface area contributed by atoms with Crippen molar-refractivity contribution >= 4 is 34.8 Å². The Kier molecular flexibility index (Phi) is 8.83. The van der Waals surface area contributed by atoms with Gasteiger partial charge in [-0.15, -0.1) is 0 Å². The average Bonchev–Trinajstić information content (AvgIpc) is 3.69. The maximum absolute atomic E-state index is 14.3. The van der Waals surface area contributed by atoms with Crippen LogP contribution in [-0.4, -0.2) is 36.3 Å². The van der Waals surface area contributed by atoms with Crippen molar-refractivity contribution < 1.29 is 28.3 Å². The summed E-state index contributed by atoms with van der Waals surface area (Å²) < 4.78 is 24.4. The van der Waals surface area contributed by atoms with E-state index in [4.69, 9.17) is 23.6 Å². The Morgan fingerprint density at radius 2 is 1.77 bits per heavy atom. The number of fused-ring (bicyclic) bond motifs is 1. The molecule has 0 bridgehead atoms. The molecule has 2 aromatic heterocycles. The molecule has 6 rings (SSSR count). The standard InChI is InChI=1S/C36H31N3O8S/c1-6-46-35(41)31-32(22-10-8-7-9-11-22)37-36-38(33(31)23-12-14-28(44-4)29(18-23)45-5)34(40)30(48-36)19-25-13-15-27(47-25)24-16-20(2)21(3)26(17-24)39(42)43/h7-19,33H,6H2,1-5H3/b30-19-. The van der Waals surface area contributed by atoms with Crippen LogP contribution in [0.25, 0.3) is 23.1 Å². The van der Waals surface area contributed by atoms with Crippen LogP contribution in [0.1, 0.15) is 41.0 Å². The van der Waals surface area contributed by atoms with Crippen molar-refractivity contribution in [3.8, 4) is 22.8 Å². The summed E-state index contributed by atoms with van der Waals surface area (Å²) in [5, 5.41) is 11.6. The van der Waals surface area contributed by atoms with E-state index in [0.29, 0.717) is 60.3 Å². The van der Waals surface area contributed by atoms with Crippen LogP contribution < -0.4 is 24.4 Å². The van der Waals surface area contributed by atoms with Gasteiger partial charge in [-0.1, -0.05) is 47.7 Å². The molecular formula is C36H31N3O8S. The van der Waals surface area contributed by atoms with E-state index in [1.165, 1.54) is 24.9 Å². The van der Waals surface area contributed by atoms with Crippen LogP contribution in [0.3, 0.4) is 0 Å². The lowest BCUT2D eigenvalue weighted by molar-refractivity contribution is -0.385. The zero-order valence-corrected chi connectivity index (χ0v) is 27.6. The van der Waals surface area contributed by atoms with Crippen LogP contribution in [-0.2, 0) is 9.53 Å². The molecule has 0 saturated heterocycles. The van der Waals surface area contributed by atoms with E-state index < -0.39 is 22.5 Å². The monoisotopic (exact) mass is 665 g/mol. The number of esters is 1. The second kappa shape index (κ2) is 13.2. The van der Waals surface area contributed by atoms with Crippen LogP contribution in [0.4, 0.5) is 5.69 Å². The lowest BCUT2D eigenvalue weighted by Gasteiger charge is -2.26. The summed E-state index contributed by atoms with van der Waals surface area (Å²) in [6, 6.07) is 20.3. The molecule has 48 heavy (non-hydrogen) atoms. The van der Waals surface area contributed by atoms with Gasteiger partial charge in [-0.2, -0.15) is 0 Å². The Hall–Kier alpha value is -5.75. The first-order valence-corrected chi connectivity index (χ1v) is 15.8. The second-order valence-corrected chi connectivity index (χ2v) is 12.0. The molecule has 0 spiro atoms. The Morgan fingerprint density at radius 1 is 1.02 bits per heavy atom. The van der Waals surface area contributed by atoms with Crippen LogP contribution in [0, 0.1) is 24.0 Å². The van der Waals surface area contributed by atoms with Gasteiger partial charge in [0.05, 0.1) is 47.6 Å². The molecule has 1 unspecified atom stereocenters. The number of thiazole rings is 1. The first-order chi connectivity index (χ1) is 23.1. The molecule has 3 aromatic carbocycles. The molecule has 0 radical (unpaired) electrons. The van der Waals surface area contributed by atoms with Crippen LogP contribution in [0.5, 0.6) is 11.5 Å². The van der Waals surface area contributed by atoms with Gasteiger partial charge in [0.25, 0.3) is 11.2 Å². The maximum Gasteiger partial charge on any atom is 0.338 e. The van der Waals surface area contributed by atoms with Gasteiger partial charge < -0.3 is 18.6 Å².